The highest BCUT2D eigenvalue weighted by Crippen LogP contribution is 2.28. The number of ether oxygens (including phenoxy) is 1. The topological polar surface area (TPSA) is 55.3 Å². The van der Waals surface area contributed by atoms with Gasteiger partial charge in [0.25, 0.3) is 5.56 Å². The molecular formula is C20H24F3N3O2. The smallest absolute Gasteiger partial charge is 0.381 e. The van der Waals surface area contributed by atoms with Gasteiger partial charge in [0.15, 0.2) is 0 Å². The highest BCUT2D eigenvalue weighted by Gasteiger charge is 2.31. The van der Waals surface area contributed by atoms with Gasteiger partial charge in [-0.05, 0) is 30.2 Å². The second kappa shape index (κ2) is 8.79. The van der Waals surface area contributed by atoms with Gasteiger partial charge in [-0.15, -0.1) is 0 Å². The lowest BCUT2D eigenvalue weighted by Gasteiger charge is -2.32. The van der Waals surface area contributed by atoms with Crippen LogP contribution in [-0.4, -0.2) is 36.4 Å². The molecule has 0 amide bonds. The third kappa shape index (κ3) is 5.14. The molecule has 1 fully saturated rings. The first kappa shape index (κ1) is 20.4. The maximum Gasteiger partial charge on any atom is 0.417 e. The summed E-state index contributed by atoms with van der Waals surface area (Å²) in [5, 5.41) is 6.91. The van der Waals surface area contributed by atoms with Gasteiger partial charge in [-0.3, -0.25) is 4.79 Å². The predicted molar refractivity (Wildman–Crippen MR) is 102 cm³/mol. The molecule has 1 aliphatic rings. The van der Waals surface area contributed by atoms with E-state index in [9.17, 15) is 18.0 Å². The summed E-state index contributed by atoms with van der Waals surface area (Å²) in [6, 6.07) is 9.56. The fourth-order valence-corrected chi connectivity index (χ4v) is 3.27. The number of morpholine rings is 1. The van der Waals surface area contributed by atoms with Crippen molar-refractivity contribution in [2.45, 2.75) is 38.1 Å². The van der Waals surface area contributed by atoms with Gasteiger partial charge >= 0.3 is 6.18 Å². The Morgan fingerprint density at radius 1 is 1.25 bits per heavy atom. The molecule has 2 heterocycles. The number of halogens is 3. The van der Waals surface area contributed by atoms with Gasteiger partial charge in [0.05, 0.1) is 31.4 Å². The van der Waals surface area contributed by atoms with Crippen molar-refractivity contribution in [3.63, 3.8) is 0 Å². The second-order valence-corrected chi connectivity index (χ2v) is 6.87. The summed E-state index contributed by atoms with van der Waals surface area (Å²) >= 11 is 0. The standard InChI is InChI=1S/C20H24F3N3O2/c1-2-17(18-13-28-10-9-24-18)25-16-6-3-14(4-7-16)11-26-12-15(20(21,22)23)5-8-19(26)27/h3-8,12,17-18,24-25H,2,9-11,13H2,1H3. The van der Waals surface area contributed by atoms with Gasteiger partial charge in [0, 0.05) is 30.5 Å². The van der Waals surface area contributed by atoms with E-state index in [0.29, 0.717) is 6.61 Å². The molecule has 0 radical (unpaired) electrons. The number of hydrogen-bond acceptors (Lipinski definition) is 4. The zero-order valence-corrected chi connectivity index (χ0v) is 15.6. The molecule has 2 aromatic rings. The van der Waals surface area contributed by atoms with Gasteiger partial charge in [0.2, 0.25) is 0 Å². The summed E-state index contributed by atoms with van der Waals surface area (Å²) in [4.78, 5) is 11.9. The number of nitrogens with one attached hydrogen (secondary N) is 2. The lowest BCUT2D eigenvalue weighted by atomic mass is 10.0. The molecule has 0 bridgehead atoms. The van der Waals surface area contributed by atoms with Crippen LogP contribution in [0.5, 0.6) is 0 Å². The van der Waals surface area contributed by atoms with Crippen LogP contribution in [0, 0.1) is 0 Å². The molecule has 152 valence electrons. The highest BCUT2D eigenvalue weighted by atomic mass is 19.4. The van der Waals surface area contributed by atoms with Crippen molar-refractivity contribution >= 4 is 5.69 Å². The van der Waals surface area contributed by atoms with E-state index < -0.39 is 17.3 Å². The van der Waals surface area contributed by atoms with Crippen molar-refractivity contribution in [2.24, 2.45) is 0 Å². The van der Waals surface area contributed by atoms with Gasteiger partial charge in [0.1, 0.15) is 0 Å². The van der Waals surface area contributed by atoms with Crippen molar-refractivity contribution in [3.05, 3.63) is 64.1 Å². The molecule has 8 heteroatoms. The van der Waals surface area contributed by atoms with E-state index in [1.807, 2.05) is 24.3 Å². The first-order valence-corrected chi connectivity index (χ1v) is 9.31. The monoisotopic (exact) mass is 395 g/mol. The van der Waals surface area contributed by atoms with Crippen LogP contribution in [-0.2, 0) is 17.5 Å². The zero-order chi connectivity index (χ0) is 20.1. The fourth-order valence-electron chi connectivity index (χ4n) is 3.27. The molecule has 5 nitrogen and oxygen atoms in total. The zero-order valence-electron chi connectivity index (χ0n) is 15.6. The molecule has 1 aromatic heterocycles. The Morgan fingerprint density at radius 2 is 2.00 bits per heavy atom. The number of anilines is 1. The summed E-state index contributed by atoms with van der Waals surface area (Å²) in [6.07, 6.45) is -2.70. The quantitative estimate of drug-likeness (QED) is 0.789. The highest BCUT2D eigenvalue weighted by molar-refractivity contribution is 5.46. The number of hydrogen-bond donors (Lipinski definition) is 2. The van der Waals surface area contributed by atoms with Crippen molar-refractivity contribution in [1.82, 2.24) is 9.88 Å². The molecule has 3 rings (SSSR count). The van der Waals surface area contributed by atoms with Crippen molar-refractivity contribution in [3.8, 4) is 0 Å². The largest absolute Gasteiger partial charge is 0.417 e. The Hall–Kier alpha value is -2.32. The van der Waals surface area contributed by atoms with E-state index in [0.717, 1.165) is 53.7 Å². The van der Waals surface area contributed by atoms with Crippen LogP contribution in [0.15, 0.2) is 47.4 Å². The molecule has 2 atom stereocenters. The lowest BCUT2D eigenvalue weighted by molar-refractivity contribution is -0.138. The number of benzene rings is 1. The van der Waals surface area contributed by atoms with Gasteiger partial charge in [-0.2, -0.15) is 13.2 Å². The number of aromatic nitrogens is 1. The molecule has 1 aliphatic heterocycles. The molecule has 2 unspecified atom stereocenters. The van der Waals surface area contributed by atoms with Crippen molar-refractivity contribution in [2.75, 3.05) is 25.1 Å². The molecule has 0 aliphatic carbocycles. The van der Waals surface area contributed by atoms with E-state index in [4.69, 9.17) is 4.74 Å². The Morgan fingerprint density at radius 3 is 2.61 bits per heavy atom. The number of rotatable bonds is 6. The minimum absolute atomic E-state index is 0.0816. The summed E-state index contributed by atoms with van der Waals surface area (Å²) < 4.78 is 45.2. The van der Waals surface area contributed by atoms with Crippen LogP contribution in [0.2, 0.25) is 0 Å². The number of pyridine rings is 1. The van der Waals surface area contributed by atoms with Gasteiger partial charge < -0.3 is 19.9 Å². The molecule has 1 saturated heterocycles. The first-order chi connectivity index (χ1) is 13.4. The number of alkyl halides is 3. The minimum atomic E-state index is -4.48. The Kier molecular flexibility index (Phi) is 6.41. The predicted octanol–water partition coefficient (Wildman–Crippen LogP) is 3.09. The Balaban J connectivity index is 1.68. The molecule has 28 heavy (non-hydrogen) atoms. The van der Waals surface area contributed by atoms with Crippen LogP contribution in [0.3, 0.4) is 0 Å². The lowest BCUT2D eigenvalue weighted by Crippen LogP contribution is -2.51. The van der Waals surface area contributed by atoms with Crippen molar-refractivity contribution < 1.29 is 17.9 Å². The number of nitrogens with zero attached hydrogens (tertiary/aromatic N) is 1. The maximum atomic E-state index is 12.9. The normalized spacial score (nSPS) is 18.6. The average Bonchev–Trinajstić information content (AvgIpc) is 2.69. The molecule has 0 spiro atoms. The Bertz CT molecular complexity index is 828. The summed E-state index contributed by atoms with van der Waals surface area (Å²) in [5.41, 5.74) is 0.363. The summed E-state index contributed by atoms with van der Waals surface area (Å²) in [5.74, 6) is 0. The van der Waals surface area contributed by atoms with Gasteiger partial charge in [-0.1, -0.05) is 19.1 Å². The van der Waals surface area contributed by atoms with Crippen LogP contribution in [0.25, 0.3) is 0 Å². The molecule has 2 N–H and O–H groups in total. The van der Waals surface area contributed by atoms with E-state index in [1.54, 1.807) is 0 Å². The van der Waals surface area contributed by atoms with Gasteiger partial charge in [-0.25, -0.2) is 0 Å². The third-order valence-electron chi connectivity index (χ3n) is 4.85. The molecule has 0 saturated carbocycles. The first-order valence-electron chi connectivity index (χ1n) is 9.31. The minimum Gasteiger partial charge on any atom is -0.381 e. The Labute approximate surface area is 161 Å². The third-order valence-corrected chi connectivity index (χ3v) is 4.85. The summed E-state index contributed by atoms with van der Waals surface area (Å²) in [6.45, 7) is 4.38. The van der Waals surface area contributed by atoms with Crippen LogP contribution >= 0.6 is 0 Å². The molecular weight excluding hydrogens is 371 g/mol. The van der Waals surface area contributed by atoms with E-state index in [2.05, 4.69) is 17.6 Å². The van der Waals surface area contributed by atoms with E-state index in [1.165, 1.54) is 0 Å². The summed E-state index contributed by atoms with van der Waals surface area (Å²) in [7, 11) is 0. The van der Waals surface area contributed by atoms with Crippen LogP contribution in [0.1, 0.15) is 24.5 Å². The molecule has 1 aromatic carbocycles. The van der Waals surface area contributed by atoms with E-state index in [-0.39, 0.29) is 18.6 Å². The SMILES string of the molecule is CCC(Nc1ccc(Cn2cc(C(F)(F)F)ccc2=O)cc1)C1COCCN1. The maximum absolute atomic E-state index is 12.9. The van der Waals surface area contributed by atoms with Crippen molar-refractivity contribution in [1.29, 1.82) is 0 Å². The second-order valence-electron chi connectivity index (χ2n) is 6.87. The van der Waals surface area contributed by atoms with Crippen LogP contribution in [0.4, 0.5) is 18.9 Å². The fraction of sp³-hybridized carbons (Fsp3) is 0.450. The van der Waals surface area contributed by atoms with E-state index >= 15 is 0 Å². The average molecular weight is 395 g/mol. The van der Waals surface area contributed by atoms with Crippen LogP contribution < -0.4 is 16.2 Å².